The average molecular weight is 397 g/mol. The maximum absolute atomic E-state index is 13.7. The van der Waals surface area contributed by atoms with Gasteiger partial charge in [0.2, 0.25) is 0 Å². The number of hydrogen-bond donors (Lipinski definition) is 0. The molecule has 0 aliphatic heterocycles. The number of ketones is 1. The van der Waals surface area contributed by atoms with Crippen molar-refractivity contribution in [3.63, 3.8) is 0 Å². The Hall–Kier alpha value is -4.17. The van der Waals surface area contributed by atoms with E-state index in [1.165, 1.54) is 0 Å². The Labute approximate surface area is 181 Å². The number of hydrogen-bond acceptors (Lipinski definition) is 1. The molecule has 0 N–H and O–H groups in total. The lowest BCUT2D eigenvalue weighted by Crippen LogP contribution is -2.04. The minimum Gasteiger partial charge on any atom is -0.308 e. The van der Waals surface area contributed by atoms with E-state index in [1.54, 1.807) is 0 Å². The normalized spacial score (nSPS) is 11.9. The maximum atomic E-state index is 13.7. The molecule has 5 aromatic rings. The summed E-state index contributed by atoms with van der Waals surface area (Å²) in [7, 11) is 0. The monoisotopic (exact) mass is 397 g/mol. The number of fused-ring (bicyclic) bond motifs is 3. The van der Waals surface area contributed by atoms with Gasteiger partial charge in [-0.25, -0.2) is 0 Å². The van der Waals surface area contributed by atoms with Gasteiger partial charge in [0.1, 0.15) is 0 Å². The predicted molar refractivity (Wildman–Crippen MR) is 126 cm³/mol. The molecule has 1 aliphatic carbocycles. The van der Waals surface area contributed by atoms with Gasteiger partial charge in [-0.05, 0) is 28.8 Å². The lowest BCUT2D eigenvalue weighted by molar-refractivity contribution is 0.104. The van der Waals surface area contributed by atoms with E-state index in [-0.39, 0.29) is 5.78 Å². The van der Waals surface area contributed by atoms with Crippen molar-refractivity contribution in [3.8, 4) is 39.3 Å². The van der Waals surface area contributed by atoms with Crippen LogP contribution in [0, 0.1) is 0 Å². The van der Waals surface area contributed by atoms with Crippen LogP contribution in [0.1, 0.15) is 15.9 Å². The molecule has 1 aliphatic rings. The van der Waals surface area contributed by atoms with Crippen LogP contribution in [0.4, 0.5) is 0 Å². The molecule has 6 rings (SSSR count). The Morgan fingerprint density at radius 3 is 1.48 bits per heavy atom. The lowest BCUT2D eigenvalue weighted by Gasteiger charge is -2.16. The van der Waals surface area contributed by atoms with Gasteiger partial charge in [-0.1, -0.05) is 103 Å². The van der Waals surface area contributed by atoms with Gasteiger partial charge in [-0.3, -0.25) is 4.79 Å². The highest BCUT2D eigenvalue weighted by molar-refractivity contribution is 6.27. The van der Waals surface area contributed by atoms with Gasteiger partial charge in [0.25, 0.3) is 0 Å². The first-order valence-corrected chi connectivity index (χ1v) is 10.4. The molecule has 0 amide bonds. The summed E-state index contributed by atoms with van der Waals surface area (Å²) in [4.78, 5) is 13.7. The van der Waals surface area contributed by atoms with Crippen molar-refractivity contribution in [1.29, 1.82) is 0 Å². The predicted octanol–water partition coefficient (Wildman–Crippen LogP) is 7.02. The van der Waals surface area contributed by atoms with E-state index in [1.807, 2.05) is 60.7 Å². The number of carbonyl (C=O) groups is 1. The number of nitrogens with zero attached hydrogens (tertiary/aromatic N) is 1. The fourth-order valence-corrected chi connectivity index (χ4v) is 4.66. The zero-order valence-corrected chi connectivity index (χ0v) is 16.8. The Kier molecular flexibility index (Phi) is 3.97. The molecule has 2 heteroatoms. The summed E-state index contributed by atoms with van der Waals surface area (Å²) in [6, 6.07) is 38.9. The lowest BCUT2D eigenvalue weighted by atomic mass is 10.0. The first-order chi connectivity index (χ1) is 15.3. The summed E-state index contributed by atoms with van der Waals surface area (Å²) < 4.78 is 2.25. The van der Waals surface area contributed by atoms with Crippen molar-refractivity contribution in [2.45, 2.75) is 0 Å². The molecule has 4 aromatic carbocycles. The van der Waals surface area contributed by atoms with E-state index in [4.69, 9.17) is 0 Å². The summed E-state index contributed by atoms with van der Waals surface area (Å²) in [6.07, 6.45) is 0. The third-order valence-electron chi connectivity index (χ3n) is 5.95. The van der Waals surface area contributed by atoms with Crippen LogP contribution in [-0.2, 0) is 0 Å². The largest absolute Gasteiger partial charge is 0.308 e. The Balaban J connectivity index is 1.82. The number of benzene rings is 4. The van der Waals surface area contributed by atoms with Crippen LogP contribution < -0.4 is 0 Å². The summed E-state index contributed by atoms with van der Waals surface area (Å²) >= 11 is 0. The van der Waals surface area contributed by atoms with Crippen LogP contribution >= 0.6 is 0 Å². The van der Waals surface area contributed by atoms with E-state index in [2.05, 4.69) is 59.2 Å². The second kappa shape index (κ2) is 6.96. The summed E-state index contributed by atoms with van der Waals surface area (Å²) in [5, 5.41) is 0. The van der Waals surface area contributed by atoms with E-state index in [0.29, 0.717) is 0 Å². The molecule has 146 valence electrons. The molecule has 0 bridgehead atoms. The highest BCUT2D eigenvalue weighted by Crippen LogP contribution is 2.50. The molecule has 1 aromatic heterocycles. The molecular formula is C29H19NO. The quantitative estimate of drug-likeness (QED) is 0.314. The number of para-hydroxylation sites is 1. The van der Waals surface area contributed by atoms with Crippen molar-refractivity contribution in [2.24, 2.45) is 0 Å². The molecule has 31 heavy (non-hydrogen) atoms. The first kappa shape index (κ1) is 17.7. The Morgan fingerprint density at radius 1 is 0.452 bits per heavy atom. The SMILES string of the molecule is O=C1c2ccccc2-c2c1c(-c1ccccc1)n(-c1ccccc1)c2-c1ccccc1. The van der Waals surface area contributed by atoms with E-state index >= 15 is 0 Å². The van der Waals surface area contributed by atoms with Crippen LogP contribution in [0.5, 0.6) is 0 Å². The summed E-state index contributed by atoms with van der Waals surface area (Å²) in [6.45, 7) is 0. The molecule has 0 saturated carbocycles. The zero-order valence-electron chi connectivity index (χ0n) is 16.8. The minimum atomic E-state index is 0.0938. The molecule has 0 saturated heterocycles. The Bertz CT molecular complexity index is 1370. The van der Waals surface area contributed by atoms with E-state index in [0.717, 1.165) is 50.5 Å². The standard InChI is InChI=1S/C29H19NO/c31-29-24-19-11-10-18-23(24)25-26(29)28(21-14-6-2-7-15-21)30(22-16-8-3-9-17-22)27(25)20-12-4-1-5-13-20/h1-19H. The zero-order chi connectivity index (χ0) is 20.8. The van der Waals surface area contributed by atoms with Crippen molar-refractivity contribution in [1.82, 2.24) is 4.57 Å². The van der Waals surface area contributed by atoms with Crippen LogP contribution in [0.15, 0.2) is 115 Å². The molecule has 2 nitrogen and oxygen atoms in total. The van der Waals surface area contributed by atoms with Gasteiger partial charge in [0.15, 0.2) is 5.78 Å². The highest BCUT2D eigenvalue weighted by atomic mass is 16.1. The fraction of sp³-hybridized carbons (Fsp3) is 0. The van der Waals surface area contributed by atoms with Gasteiger partial charge in [-0.2, -0.15) is 0 Å². The summed E-state index contributed by atoms with van der Waals surface area (Å²) in [5.74, 6) is 0.0938. The molecule has 0 radical (unpaired) electrons. The Morgan fingerprint density at radius 2 is 0.903 bits per heavy atom. The van der Waals surface area contributed by atoms with Crippen LogP contribution in [0.3, 0.4) is 0 Å². The van der Waals surface area contributed by atoms with Gasteiger partial charge in [0.05, 0.1) is 17.0 Å². The van der Waals surface area contributed by atoms with Gasteiger partial charge in [-0.15, -0.1) is 0 Å². The molecule has 0 fully saturated rings. The average Bonchev–Trinajstić information content (AvgIpc) is 3.34. The molecular weight excluding hydrogens is 378 g/mol. The number of aromatic nitrogens is 1. The molecule has 0 spiro atoms. The van der Waals surface area contributed by atoms with Crippen molar-refractivity contribution >= 4 is 5.78 Å². The summed E-state index contributed by atoms with van der Waals surface area (Å²) in [5.41, 5.74) is 8.76. The molecule has 0 atom stereocenters. The van der Waals surface area contributed by atoms with E-state index in [9.17, 15) is 4.79 Å². The van der Waals surface area contributed by atoms with Crippen LogP contribution in [0.25, 0.3) is 39.3 Å². The highest BCUT2D eigenvalue weighted by Gasteiger charge is 2.37. The number of carbonyl (C=O) groups excluding carboxylic acids is 1. The van der Waals surface area contributed by atoms with Crippen LogP contribution in [-0.4, -0.2) is 10.4 Å². The third kappa shape index (κ3) is 2.62. The molecule has 0 unspecified atom stereocenters. The molecule has 1 heterocycles. The first-order valence-electron chi connectivity index (χ1n) is 10.4. The van der Waals surface area contributed by atoms with Gasteiger partial charge < -0.3 is 4.57 Å². The fourth-order valence-electron chi connectivity index (χ4n) is 4.66. The second-order valence-electron chi connectivity index (χ2n) is 7.72. The number of rotatable bonds is 3. The second-order valence-corrected chi connectivity index (χ2v) is 7.72. The van der Waals surface area contributed by atoms with Crippen molar-refractivity contribution in [3.05, 3.63) is 126 Å². The maximum Gasteiger partial charge on any atom is 0.196 e. The van der Waals surface area contributed by atoms with Crippen molar-refractivity contribution < 1.29 is 4.79 Å². The smallest absolute Gasteiger partial charge is 0.196 e. The third-order valence-corrected chi connectivity index (χ3v) is 5.95. The van der Waals surface area contributed by atoms with E-state index < -0.39 is 0 Å². The topological polar surface area (TPSA) is 22.0 Å². The van der Waals surface area contributed by atoms with Crippen LogP contribution in [0.2, 0.25) is 0 Å². The van der Waals surface area contributed by atoms with Gasteiger partial charge >= 0.3 is 0 Å². The minimum absolute atomic E-state index is 0.0938. The van der Waals surface area contributed by atoms with Gasteiger partial charge in [0, 0.05) is 16.8 Å². The van der Waals surface area contributed by atoms with Crippen molar-refractivity contribution in [2.75, 3.05) is 0 Å².